The Morgan fingerprint density at radius 2 is 1.89 bits per heavy atom. The van der Waals surface area contributed by atoms with Crippen LogP contribution in [0.25, 0.3) is 0 Å². The zero-order valence-corrected chi connectivity index (χ0v) is 17.3. The van der Waals surface area contributed by atoms with E-state index in [0.717, 1.165) is 30.0 Å². The highest BCUT2D eigenvalue weighted by Gasteiger charge is 2.17. The third-order valence-corrected chi connectivity index (χ3v) is 6.02. The van der Waals surface area contributed by atoms with E-state index in [1.165, 1.54) is 0 Å². The predicted molar refractivity (Wildman–Crippen MR) is 106 cm³/mol. The summed E-state index contributed by atoms with van der Waals surface area (Å²) in [5.41, 5.74) is 1.74. The summed E-state index contributed by atoms with van der Waals surface area (Å²) >= 11 is 0. The first kappa shape index (κ1) is 20.5. The van der Waals surface area contributed by atoms with Gasteiger partial charge in [0.1, 0.15) is 18.2 Å². The van der Waals surface area contributed by atoms with Gasteiger partial charge in [-0.25, -0.2) is 18.1 Å². The van der Waals surface area contributed by atoms with Gasteiger partial charge >= 0.3 is 0 Å². The molecule has 152 valence electrons. The number of aryl methyl sites for hydroxylation is 3. The maximum absolute atomic E-state index is 12.5. The Labute approximate surface area is 166 Å². The van der Waals surface area contributed by atoms with Gasteiger partial charge in [-0.05, 0) is 32.4 Å². The van der Waals surface area contributed by atoms with Crippen molar-refractivity contribution in [2.75, 3.05) is 44.4 Å². The van der Waals surface area contributed by atoms with Crippen LogP contribution in [0.2, 0.25) is 0 Å². The summed E-state index contributed by atoms with van der Waals surface area (Å²) in [5.74, 6) is 1.83. The molecule has 0 spiro atoms. The molecule has 1 aromatic heterocycles. The number of anilines is 1. The number of hydrogen-bond donors (Lipinski definition) is 1. The fourth-order valence-electron chi connectivity index (χ4n) is 3.06. The first-order chi connectivity index (χ1) is 13.3. The first-order valence-electron chi connectivity index (χ1n) is 9.23. The summed E-state index contributed by atoms with van der Waals surface area (Å²) in [4.78, 5) is 11.1. The molecule has 0 amide bonds. The van der Waals surface area contributed by atoms with Crippen molar-refractivity contribution in [2.45, 2.75) is 25.7 Å². The molecule has 1 aromatic carbocycles. The van der Waals surface area contributed by atoms with Crippen LogP contribution in [0.4, 0.5) is 5.82 Å². The van der Waals surface area contributed by atoms with Gasteiger partial charge in [-0.1, -0.05) is 17.7 Å². The normalized spacial score (nSPS) is 14.9. The van der Waals surface area contributed by atoms with Crippen molar-refractivity contribution in [1.29, 1.82) is 0 Å². The van der Waals surface area contributed by atoms with Crippen molar-refractivity contribution in [1.82, 2.24) is 14.7 Å². The molecule has 1 aliphatic heterocycles. The number of nitrogens with one attached hydrogen (secondary N) is 1. The topological polar surface area (TPSA) is 93.7 Å². The van der Waals surface area contributed by atoms with E-state index in [4.69, 9.17) is 9.47 Å². The molecule has 1 aliphatic rings. The average Bonchev–Trinajstić information content (AvgIpc) is 2.65. The molecular formula is C19H26N4O4S. The highest BCUT2D eigenvalue weighted by molar-refractivity contribution is 7.89. The minimum Gasteiger partial charge on any atom is -0.476 e. The Kier molecular flexibility index (Phi) is 6.48. The molecular weight excluding hydrogens is 380 g/mol. The lowest BCUT2D eigenvalue weighted by molar-refractivity contribution is 0.122. The summed E-state index contributed by atoms with van der Waals surface area (Å²) in [6.45, 7) is 8.71. The number of sulfonamides is 1. The molecule has 0 atom stereocenters. The van der Waals surface area contributed by atoms with Crippen LogP contribution in [0.15, 0.2) is 29.2 Å². The van der Waals surface area contributed by atoms with E-state index >= 15 is 0 Å². The minimum atomic E-state index is -3.58. The van der Waals surface area contributed by atoms with Crippen LogP contribution in [0, 0.1) is 20.8 Å². The number of aromatic nitrogens is 2. The van der Waals surface area contributed by atoms with Gasteiger partial charge in [0.15, 0.2) is 0 Å². The zero-order valence-electron chi connectivity index (χ0n) is 16.4. The molecule has 28 heavy (non-hydrogen) atoms. The monoisotopic (exact) mass is 406 g/mol. The summed E-state index contributed by atoms with van der Waals surface area (Å²) in [6.07, 6.45) is 0. The lowest BCUT2D eigenvalue weighted by Crippen LogP contribution is -2.37. The van der Waals surface area contributed by atoms with Crippen LogP contribution >= 0.6 is 0 Å². The molecule has 1 fully saturated rings. The molecule has 2 heterocycles. The molecule has 0 unspecified atom stereocenters. The summed E-state index contributed by atoms with van der Waals surface area (Å²) in [7, 11) is -3.58. The molecule has 0 aliphatic carbocycles. The van der Waals surface area contributed by atoms with Crippen LogP contribution in [0.1, 0.15) is 17.0 Å². The minimum absolute atomic E-state index is 0.144. The highest BCUT2D eigenvalue weighted by Crippen LogP contribution is 2.19. The SMILES string of the molecule is Cc1ccc(S(=O)(=O)NCCOc2cc(N3CCOCC3)nc(C)n2)c(C)c1. The van der Waals surface area contributed by atoms with E-state index < -0.39 is 10.0 Å². The lowest BCUT2D eigenvalue weighted by atomic mass is 10.2. The van der Waals surface area contributed by atoms with E-state index in [1.54, 1.807) is 32.0 Å². The third-order valence-electron chi connectivity index (χ3n) is 4.40. The fraction of sp³-hybridized carbons (Fsp3) is 0.474. The predicted octanol–water partition coefficient (Wildman–Crippen LogP) is 1.60. The van der Waals surface area contributed by atoms with Crippen molar-refractivity contribution >= 4 is 15.8 Å². The molecule has 0 radical (unpaired) electrons. The van der Waals surface area contributed by atoms with Gasteiger partial charge < -0.3 is 14.4 Å². The van der Waals surface area contributed by atoms with Crippen molar-refractivity contribution < 1.29 is 17.9 Å². The smallest absolute Gasteiger partial charge is 0.240 e. The van der Waals surface area contributed by atoms with Crippen LogP contribution in [-0.4, -0.2) is 57.8 Å². The van der Waals surface area contributed by atoms with E-state index in [1.807, 2.05) is 13.0 Å². The Bertz CT molecular complexity index is 928. The second kappa shape index (κ2) is 8.85. The number of ether oxygens (including phenoxy) is 2. The molecule has 0 bridgehead atoms. The molecule has 2 aromatic rings. The van der Waals surface area contributed by atoms with Gasteiger partial charge in [0.25, 0.3) is 0 Å². The summed E-state index contributed by atoms with van der Waals surface area (Å²) in [6, 6.07) is 7.03. The third kappa shape index (κ3) is 5.18. The Balaban J connectivity index is 1.58. The van der Waals surface area contributed by atoms with Crippen LogP contribution in [-0.2, 0) is 14.8 Å². The molecule has 1 N–H and O–H groups in total. The maximum atomic E-state index is 12.5. The number of hydrogen-bond acceptors (Lipinski definition) is 7. The molecule has 8 nitrogen and oxygen atoms in total. The van der Waals surface area contributed by atoms with Gasteiger partial charge in [-0.3, -0.25) is 0 Å². The summed E-state index contributed by atoms with van der Waals surface area (Å²) < 4.78 is 38.6. The van der Waals surface area contributed by atoms with Crippen molar-refractivity contribution in [3.05, 3.63) is 41.2 Å². The first-order valence-corrected chi connectivity index (χ1v) is 10.7. The average molecular weight is 407 g/mol. The van der Waals surface area contributed by atoms with E-state index in [0.29, 0.717) is 24.9 Å². The van der Waals surface area contributed by atoms with Crippen LogP contribution in [0.3, 0.4) is 0 Å². The summed E-state index contributed by atoms with van der Waals surface area (Å²) in [5, 5.41) is 0. The van der Waals surface area contributed by atoms with Crippen molar-refractivity contribution in [3.63, 3.8) is 0 Å². The van der Waals surface area contributed by atoms with E-state index in [9.17, 15) is 8.42 Å². The number of rotatable bonds is 7. The van der Waals surface area contributed by atoms with E-state index in [2.05, 4.69) is 19.6 Å². The molecule has 3 rings (SSSR count). The second-order valence-electron chi connectivity index (χ2n) is 6.73. The lowest BCUT2D eigenvalue weighted by Gasteiger charge is -2.28. The van der Waals surface area contributed by atoms with Crippen molar-refractivity contribution in [2.24, 2.45) is 0 Å². The van der Waals surface area contributed by atoms with Gasteiger partial charge in [-0.15, -0.1) is 0 Å². The van der Waals surface area contributed by atoms with Gasteiger partial charge in [0, 0.05) is 25.7 Å². The van der Waals surface area contributed by atoms with Crippen LogP contribution in [0.5, 0.6) is 5.88 Å². The quantitative estimate of drug-likeness (QED) is 0.698. The maximum Gasteiger partial charge on any atom is 0.240 e. The Hall–Kier alpha value is -2.23. The van der Waals surface area contributed by atoms with E-state index in [-0.39, 0.29) is 18.0 Å². The second-order valence-corrected chi connectivity index (χ2v) is 8.46. The van der Waals surface area contributed by atoms with Gasteiger partial charge in [-0.2, -0.15) is 4.98 Å². The zero-order chi connectivity index (χ0) is 20.1. The number of benzene rings is 1. The van der Waals surface area contributed by atoms with Crippen molar-refractivity contribution in [3.8, 4) is 5.88 Å². The van der Waals surface area contributed by atoms with Gasteiger partial charge in [0.2, 0.25) is 15.9 Å². The standard InChI is InChI=1S/C19H26N4O4S/c1-14-4-5-17(15(2)12-14)28(24,25)20-6-9-27-19-13-18(21-16(3)22-19)23-7-10-26-11-8-23/h4-5,12-13,20H,6-11H2,1-3H3. The van der Waals surface area contributed by atoms with Crippen LogP contribution < -0.4 is 14.4 Å². The molecule has 0 saturated carbocycles. The molecule has 9 heteroatoms. The fourth-order valence-corrected chi connectivity index (χ4v) is 4.30. The number of morpholine rings is 1. The Morgan fingerprint density at radius 1 is 1.14 bits per heavy atom. The number of nitrogens with zero attached hydrogens (tertiary/aromatic N) is 3. The largest absolute Gasteiger partial charge is 0.476 e. The Morgan fingerprint density at radius 3 is 2.61 bits per heavy atom. The highest BCUT2D eigenvalue weighted by atomic mass is 32.2. The molecule has 1 saturated heterocycles. The van der Waals surface area contributed by atoms with Gasteiger partial charge in [0.05, 0.1) is 18.1 Å².